The van der Waals surface area contributed by atoms with E-state index < -0.39 is 24.4 Å². The van der Waals surface area contributed by atoms with Crippen LogP contribution < -0.4 is 10.9 Å². The quantitative estimate of drug-likeness (QED) is 0.411. The maximum absolute atomic E-state index is 12.4. The van der Waals surface area contributed by atoms with Crippen LogP contribution in [0.15, 0.2) is 59.5 Å². The number of esters is 1. The van der Waals surface area contributed by atoms with Crippen LogP contribution >= 0.6 is 11.8 Å². The van der Waals surface area contributed by atoms with Gasteiger partial charge in [-0.2, -0.15) is 0 Å². The van der Waals surface area contributed by atoms with E-state index in [0.717, 1.165) is 30.1 Å². The topological polar surface area (TPSA) is 93.7 Å². The van der Waals surface area contributed by atoms with Crippen molar-refractivity contribution in [1.29, 1.82) is 0 Å². The van der Waals surface area contributed by atoms with E-state index in [4.69, 9.17) is 9.47 Å². The number of hydrazine groups is 1. The number of benzene rings is 2. The van der Waals surface area contributed by atoms with Crippen molar-refractivity contribution in [3.63, 3.8) is 0 Å². The molecule has 152 valence electrons. The number of ether oxygens (including phenoxy) is 2. The zero-order valence-electron chi connectivity index (χ0n) is 15.8. The lowest BCUT2D eigenvalue weighted by atomic mass is 10.2. The third kappa shape index (κ3) is 6.33. The summed E-state index contributed by atoms with van der Waals surface area (Å²) in [5.74, 6) is -0.922. The van der Waals surface area contributed by atoms with Crippen LogP contribution in [0.2, 0.25) is 0 Å². The van der Waals surface area contributed by atoms with Crippen molar-refractivity contribution in [1.82, 2.24) is 10.9 Å². The summed E-state index contributed by atoms with van der Waals surface area (Å²) in [7, 11) is 0. The molecular weight excluding hydrogens is 392 g/mol. The first-order valence-corrected chi connectivity index (χ1v) is 10.3. The number of rotatable bonds is 7. The van der Waals surface area contributed by atoms with Gasteiger partial charge in [0.05, 0.1) is 11.7 Å². The minimum Gasteiger partial charge on any atom is -0.452 e. The van der Waals surface area contributed by atoms with Crippen molar-refractivity contribution < 1.29 is 23.9 Å². The maximum atomic E-state index is 12.4. The zero-order valence-corrected chi connectivity index (χ0v) is 16.6. The molecule has 7 nitrogen and oxygen atoms in total. The molecule has 1 aliphatic heterocycles. The van der Waals surface area contributed by atoms with Crippen LogP contribution in [0.1, 0.15) is 33.6 Å². The fourth-order valence-electron chi connectivity index (χ4n) is 2.75. The molecule has 1 atom stereocenters. The summed E-state index contributed by atoms with van der Waals surface area (Å²) < 4.78 is 10.7. The molecular formula is C21H22N2O5S. The van der Waals surface area contributed by atoms with Crippen LogP contribution in [-0.4, -0.2) is 42.9 Å². The average molecular weight is 414 g/mol. The van der Waals surface area contributed by atoms with Gasteiger partial charge in [-0.1, -0.05) is 30.3 Å². The zero-order chi connectivity index (χ0) is 20.5. The van der Waals surface area contributed by atoms with Gasteiger partial charge in [0.2, 0.25) is 0 Å². The van der Waals surface area contributed by atoms with E-state index >= 15 is 0 Å². The average Bonchev–Trinajstić information content (AvgIpc) is 3.29. The van der Waals surface area contributed by atoms with Crippen molar-refractivity contribution in [2.75, 3.05) is 19.0 Å². The first kappa shape index (κ1) is 20.9. The number of amides is 2. The molecule has 0 radical (unpaired) electrons. The standard InChI is InChI=1S/C21H22N2O5S/c24-19(22-23-20(25)15-7-2-1-3-8-15)13-28-21(26)17-10-4-5-11-18(17)29-14-16-9-6-12-27-16/h1-5,7-8,10-11,16H,6,9,12-14H2,(H,22,24)(H,23,25)/t16-/m0/s1. The van der Waals surface area contributed by atoms with Gasteiger partial charge in [0, 0.05) is 22.8 Å². The summed E-state index contributed by atoms with van der Waals surface area (Å²) in [6.45, 7) is 0.281. The molecule has 0 aromatic heterocycles. The molecule has 0 bridgehead atoms. The number of nitrogens with one attached hydrogen (secondary N) is 2. The van der Waals surface area contributed by atoms with Gasteiger partial charge in [-0.25, -0.2) is 4.79 Å². The van der Waals surface area contributed by atoms with Gasteiger partial charge in [-0.15, -0.1) is 11.8 Å². The third-order valence-corrected chi connectivity index (χ3v) is 5.45. The Morgan fingerprint density at radius 3 is 2.55 bits per heavy atom. The van der Waals surface area contributed by atoms with Crippen molar-refractivity contribution in [2.45, 2.75) is 23.8 Å². The molecule has 1 heterocycles. The predicted octanol–water partition coefficient (Wildman–Crippen LogP) is 2.58. The number of hydrogen-bond acceptors (Lipinski definition) is 6. The Balaban J connectivity index is 1.46. The first-order valence-electron chi connectivity index (χ1n) is 9.28. The molecule has 0 saturated carbocycles. The Morgan fingerprint density at radius 2 is 1.79 bits per heavy atom. The molecule has 0 aliphatic carbocycles. The predicted molar refractivity (Wildman–Crippen MR) is 108 cm³/mol. The van der Waals surface area contributed by atoms with Crippen molar-refractivity contribution >= 4 is 29.5 Å². The van der Waals surface area contributed by atoms with Crippen molar-refractivity contribution in [3.05, 3.63) is 65.7 Å². The van der Waals surface area contributed by atoms with Gasteiger partial charge in [0.15, 0.2) is 6.61 Å². The summed E-state index contributed by atoms with van der Waals surface area (Å²) >= 11 is 1.54. The van der Waals surface area contributed by atoms with Crippen LogP contribution in [-0.2, 0) is 14.3 Å². The van der Waals surface area contributed by atoms with Gasteiger partial charge >= 0.3 is 5.97 Å². The van der Waals surface area contributed by atoms with Crippen LogP contribution in [0, 0.1) is 0 Å². The molecule has 1 saturated heterocycles. The number of carbonyl (C=O) groups is 3. The lowest BCUT2D eigenvalue weighted by molar-refractivity contribution is -0.125. The summed E-state index contributed by atoms with van der Waals surface area (Å²) in [5, 5.41) is 0. The summed E-state index contributed by atoms with van der Waals surface area (Å²) in [5.41, 5.74) is 5.31. The van der Waals surface area contributed by atoms with E-state index in [9.17, 15) is 14.4 Å². The Morgan fingerprint density at radius 1 is 1.03 bits per heavy atom. The van der Waals surface area contributed by atoms with Gasteiger partial charge < -0.3 is 9.47 Å². The van der Waals surface area contributed by atoms with E-state index in [-0.39, 0.29) is 6.10 Å². The summed E-state index contributed by atoms with van der Waals surface area (Å²) in [6.07, 6.45) is 2.28. The van der Waals surface area contributed by atoms with Crippen LogP contribution in [0.5, 0.6) is 0 Å². The van der Waals surface area contributed by atoms with E-state index in [1.807, 2.05) is 12.1 Å². The molecule has 2 aromatic carbocycles. The second-order valence-electron chi connectivity index (χ2n) is 6.39. The molecule has 2 amide bonds. The van der Waals surface area contributed by atoms with Crippen molar-refractivity contribution in [2.24, 2.45) is 0 Å². The Labute approximate surface area is 173 Å². The van der Waals surface area contributed by atoms with Crippen molar-refractivity contribution in [3.8, 4) is 0 Å². The minimum atomic E-state index is -0.632. The minimum absolute atomic E-state index is 0.197. The second kappa shape index (κ2) is 10.6. The summed E-state index contributed by atoms with van der Waals surface area (Å²) in [4.78, 5) is 36.9. The van der Waals surface area contributed by atoms with Gasteiger partial charge in [0.1, 0.15) is 0 Å². The van der Waals surface area contributed by atoms with E-state index in [2.05, 4.69) is 10.9 Å². The molecule has 1 aliphatic rings. The molecule has 2 N–H and O–H groups in total. The Kier molecular flexibility index (Phi) is 7.66. The fourth-order valence-corrected chi connectivity index (χ4v) is 3.86. The highest BCUT2D eigenvalue weighted by Gasteiger charge is 2.19. The lowest BCUT2D eigenvalue weighted by Crippen LogP contribution is -2.43. The number of carbonyl (C=O) groups excluding carboxylic acids is 3. The highest BCUT2D eigenvalue weighted by molar-refractivity contribution is 7.99. The van der Waals surface area contributed by atoms with E-state index in [0.29, 0.717) is 11.1 Å². The number of thioether (sulfide) groups is 1. The molecule has 29 heavy (non-hydrogen) atoms. The third-order valence-electron chi connectivity index (χ3n) is 4.24. The molecule has 0 unspecified atom stereocenters. The number of hydrogen-bond donors (Lipinski definition) is 2. The van der Waals surface area contributed by atoms with Crippen LogP contribution in [0.25, 0.3) is 0 Å². The van der Waals surface area contributed by atoms with Crippen LogP contribution in [0.4, 0.5) is 0 Å². The molecule has 3 rings (SSSR count). The largest absolute Gasteiger partial charge is 0.452 e. The van der Waals surface area contributed by atoms with Gasteiger partial charge in [-0.05, 0) is 37.1 Å². The highest BCUT2D eigenvalue weighted by Crippen LogP contribution is 2.27. The van der Waals surface area contributed by atoms with Gasteiger partial charge in [-0.3, -0.25) is 20.4 Å². The normalized spacial score (nSPS) is 15.5. The van der Waals surface area contributed by atoms with E-state index in [1.165, 1.54) is 11.8 Å². The molecule has 2 aromatic rings. The first-order chi connectivity index (χ1) is 14.1. The SMILES string of the molecule is O=C(COC(=O)c1ccccc1SC[C@@H]1CCCO1)NNC(=O)c1ccccc1. The fraction of sp³-hybridized carbons (Fsp3) is 0.286. The molecule has 8 heteroatoms. The monoisotopic (exact) mass is 414 g/mol. The Bertz CT molecular complexity index is 853. The second-order valence-corrected chi connectivity index (χ2v) is 7.45. The molecule has 0 spiro atoms. The lowest BCUT2D eigenvalue weighted by Gasteiger charge is -2.12. The van der Waals surface area contributed by atoms with Crippen LogP contribution in [0.3, 0.4) is 0 Å². The highest BCUT2D eigenvalue weighted by atomic mass is 32.2. The van der Waals surface area contributed by atoms with Gasteiger partial charge in [0.25, 0.3) is 11.8 Å². The Hall–Kier alpha value is -2.84. The molecule has 1 fully saturated rings. The summed E-state index contributed by atoms with van der Waals surface area (Å²) in [6, 6.07) is 15.5. The van der Waals surface area contributed by atoms with E-state index in [1.54, 1.807) is 42.5 Å². The maximum Gasteiger partial charge on any atom is 0.339 e. The smallest absolute Gasteiger partial charge is 0.339 e.